The fourth-order valence-corrected chi connectivity index (χ4v) is 3.39. The predicted octanol–water partition coefficient (Wildman–Crippen LogP) is -0.319. The van der Waals surface area contributed by atoms with Crippen molar-refractivity contribution in [3.8, 4) is 0 Å². The van der Waals surface area contributed by atoms with Gasteiger partial charge < -0.3 is 15.3 Å². The van der Waals surface area contributed by atoms with Gasteiger partial charge in [0.15, 0.2) is 9.84 Å². The number of amides is 2. The third-order valence-corrected chi connectivity index (χ3v) is 5.44. The molecule has 1 heterocycles. The molecule has 2 N–H and O–H groups in total. The first-order chi connectivity index (χ1) is 8.85. The number of carboxylic acid groups (broad SMARTS) is 1. The maximum atomic E-state index is 11.9. The van der Waals surface area contributed by atoms with Gasteiger partial charge in [-0.2, -0.15) is 0 Å². The van der Waals surface area contributed by atoms with Crippen molar-refractivity contribution in [2.45, 2.75) is 19.3 Å². The molecule has 8 heteroatoms. The van der Waals surface area contributed by atoms with Crippen LogP contribution >= 0.6 is 0 Å². The Kier molecular flexibility index (Phi) is 3.71. The molecule has 2 aliphatic rings. The standard InChI is InChI=1S/C11H18N2O5S/c14-9(15)11(2-3-11)8-12-10(16)13-4-1-6-19(17,18)7-5-13/h1-8H2,(H,12,16)(H,14,15). The molecule has 0 bridgehead atoms. The van der Waals surface area contributed by atoms with E-state index < -0.39 is 21.2 Å². The number of hydrogen-bond donors (Lipinski definition) is 2. The summed E-state index contributed by atoms with van der Waals surface area (Å²) in [5.74, 6) is -0.799. The van der Waals surface area contributed by atoms with Crippen LogP contribution in [0.15, 0.2) is 0 Å². The number of carbonyl (C=O) groups is 2. The molecule has 0 radical (unpaired) electrons. The van der Waals surface area contributed by atoms with E-state index in [4.69, 9.17) is 5.11 Å². The number of carboxylic acids is 1. The maximum absolute atomic E-state index is 11.9. The zero-order chi connectivity index (χ0) is 14.1. The van der Waals surface area contributed by atoms with Crippen LogP contribution in [0.1, 0.15) is 19.3 Å². The van der Waals surface area contributed by atoms with Crippen molar-refractivity contribution in [3.63, 3.8) is 0 Å². The lowest BCUT2D eigenvalue weighted by Gasteiger charge is -2.21. The summed E-state index contributed by atoms with van der Waals surface area (Å²) >= 11 is 0. The highest BCUT2D eigenvalue weighted by Gasteiger charge is 2.50. The molecule has 0 aromatic rings. The fraction of sp³-hybridized carbons (Fsp3) is 0.818. The van der Waals surface area contributed by atoms with E-state index in [-0.39, 0.29) is 30.6 Å². The molecule has 1 aliphatic carbocycles. The molecule has 0 atom stereocenters. The van der Waals surface area contributed by atoms with Crippen molar-refractivity contribution in [1.82, 2.24) is 10.2 Å². The molecule has 0 aromatic carbocycles. The molecule has 7 nitrogen and oxygen atoms in total. The van der Waals surface area contributed by atoms with Crippen molar-refractivity contribution in [3.05, 3.63) is 0 Å². The van der Waals surface area contributed by atoms with E-state index in [0.717, 1.165) is 0 Å². The highest BCUT2D eigenvalue weighted by atomic mass is 32.2. The second kappa shape index (κ2) is 4.99. The molecule has 19 heavy (non-hydrogen) atoms. The Morgan fingerprint density at radius 3 is 2.47 bits per heavy atom. The van der Waals surface area contributed by atoms with Crippen molar-refractivity contribution in [2.75, 3.05) is 31.1 Å². The summed E-state index contributed by atoms with van der Waals surface area (Å²) in [7, 11) is -3.05. The Balaban J connectivity index is 1.85. The van der Waals surface area contributed by atoms with Crippen LogP contribution in [0.25, 0.3) is 0 Å². The first kappa shape index (κ1) is 14.1. The smallest absolute Gasteiger partial charge is 0.317 e. The van der Waals surface area contributed by atoms with Gasteiger partial charge in [0, 0.05) is 19.6 Å². The summed E-state index contributed by atoms with van der Waals surface area (Å²) in [5.41, 5.74) is -0.798. The predicted molar refractivity (Wildman–Crippen MR) is 67.5 cm³/mol. The molecule has 0 aromatic heterocycles. The number of carbonyl (C=O) groups excluding carboxylic acids is 1. The van der Waals surface area contributed by atoms with Crippen LogP contribution in [0.2, 0.25) is 0 Å². The second-order valence-corrected chi connectivity index (χ2v) is 7.54. The van der Waals surface area contributed by atoms with E-state index in [1.807, 2.05) is 0 Å². The Bertz CT molecular complexity index is 483. The first-order valence-corrected chi connectivity index (χ1v) is 8.13. The van der Waals surface area contributed by atoms with E-state index in [2.05, 4.69) is 5.32 Å². The van der Waals surface area contributed by atoms with E-state index in [0.29, 0.717) is 25.8 Å². The van der Waals surface area contributed by atoms with E-state index >= 15 is 0 Å². The largest absolute Gasteiger partial charge is 0.481 e. The minimum atomic E-state index is -3.05. The third-order valence-electron chi connectivity index (χ3n) is 3.73. The van der Waals surface area contributed by atoms with Crippen molar-refractivity contribution in [2.24, 2.45) is 5.41 Å². The molecule has 108 valence electrons. The quantitative estimate of drug-likeness (QED) is 0.741. The number of aliphatic carboxylic acids is 1. The first-order valence-electron chi connectivity index (χ1n) is 6.31. The normalized spacial score (nSPS) is 24.3. The van der Waals surface area contributed by atoms with Crippen molar-refractivity contribution in [1.29, 1.82) is 0 Å². The van der Waals surface area contributed by atoms with Gasteiger partial charge in [0.25, 0.3) is 0 Å². The van der Waals surface area contributed by atoms with Gasteiger partial charge in [-0.1, -0.05) is 0 Å². The zero-order valence-corrected chi connectivity index (χ0v) is 11.4. The Labute approximate surface area is 111 Å². The summed E-state index contributed by atoms with van der Waals surface area (Å²) < 4.78 is 22.8. The van der Waals surface area contributed by atoms with Crippen LogP contribution in [-0.4, -0.2) is 61.6 Å². The number of nitrogens with one attached hydrogen (secondary N) is 1. The topological polar surface area (TPSA) is 104 Å². The lowest BCUT2D eigenvalue weighted by Crippen LogP contribution is -2.44. The monoisotopic (exact) mass is 290 g/mol. The fourth-order valence-electron chi connectivity index (χ4n) is 2.12. The average Bonchev–Trinajstić information content (AvgIpc) is 3.11. The highest BCUT2D eigenvalue weighted by Crippen LogP contribution is 2.45. The summed E-state index contributed by atoms with van der Waals surface area (Å²) in [4.78, 5) is 24.3. The Hall–Kier alpha value is -1.31. The van der Waals surface area contributed by atoms with E-state index in [1.54, 1.807) is 0 Å². The van der Waals surface area contributed by atoms with E-state index in [1.165, 1.54) is 4.90 Å². The van der Waals surface area contributed by atoms with Crippen molar-refractivity contribution >= 4 is 21.8 Å². The minimum absolute atomic E-state index is 0.0233. The SMILES string of the molecule is O=C(NCC1(C(=O)O)CC1)N1CCCS(=O)(=O)CC1. The van der Waals surface area contributed by atoms with Gasteiger partial charge in [-0.25, -0.2) is 13.2 Å². The minimum Gasteiger partial charge on any atom is -0.481 e. The van der Waals surface area contributed by atoms with Crippen LogP contribution < -0.4 is 5.32 Å². The number of rotatable bonds is 3. The lowest BCUT2D eigenvalue weighted by molar-refractivity contribution is -0.143. The molecule has 0 spiro atoms. The molecule has 2 fully saturated rings. The Morgan fingerprint density at radius 1 is 1.21 bits per heavy atom. The van der Waals surface area contributed by atoms with Crippen LogP contribution in [0.3, 0.4) is 0 Å². The third kappa shape index (κ3) is 3.37. The summed E-state index contributed by atoms with van der Waals surface area (Å²) in [6, 6.07) is -0.371. The molecule has 1 aliphatic heterocycles. The molecule has 0 unspecified atom stereocenters. The Morgan fingerprint density at radius 2 is 1.89 bits per heavy atom. The number of sulfone groups is 1. The zero-order valence-electron chi connectivity index (χ0n) is 10.6. The van der Waals surface area contributed by atoms with Gasteiger partial charge in [-0.15, -0.1) is 0 Å². The molecule has 2 rings (SSSR count). The maximum Gasteiger partial charge on any atom is 0.317 e. The van der Waals surface area contributed by atoms with Gasteiger partial charge in [0.05, 0.1) is 16.9 Å². The van der Waals surface area contributed by atoms with Crippen LogP contribution in [0, 0.1) is 5.41 Å². The molecular formula is C11H18N2O5S. The molecule has 2 amide bonds. The van der Waals surface area contributed by atoms with Gasteiger partial charge in [0.1, 0.15) is 0 Å². The number of nitrogens with zero attached hydrogens (tertiary/aromatic N) is 1. The van der Waals surface area contributed by atoms with Gasteiger partial charge in [-0.3, -0.25) is 4.79 Å². The van der Waals surface area contributed by atoms with Crippen LogP contribution in [-0.2, 0) is 14.6 Å². The van der Waals surface area contributed by atoms with Gasteiger partial charge >= 0.3 is 12.0 Å². The van der Waals surface area contributed by atoms with Gasteiger partial charge in [0.2, 0.25) is 0 Å². The second-order valence-electron chi connectivity index (χ2n) is 5.24. The summed E-state index contributed by atoms with van der Waals surface area (Å²) in [5, 5.41) is 11.6. The van der Waals surface area contributed by atoms with Crippen molar-refractivity contribution < 1.29 is 23.1 Å². The van der Waals surface area contributed by atoms with E-state index in [9.17, 15) is 18.0 Å². The van der Waals surface area contributed by atoms with Gasteiger partial charge in [-0.05, 0) is 19.3 Å². The van der Waals surface area contributed by atoms with Crippen LogP contribution in [0.5, 0.6) is 0 Å². The number of urea groups is 1. The highest BCUT2D eigenvalue weighted by molar-refractivity contribution is 7.91. The summed E-state index contributed by atoms with van der Waals surface area (Å²) in [6.45, 7) is 0.684. The average molecular weight is 290 g/mol. The lowest BCUT2D eigenvalue weighted by atomic mass is 10.1. The van der Waals surface area contributed by atoms with Crippen LogP contribution in [0.4, 0.5) is 4.79 Å². The summed E-state index contributed by atoms with van der Waals surface area (Å²) in [6.07, 6.45) is 1.59. The molecular weight excluding hydrogens is 272 g/mol. The number of hydrogen-bond acceptors (Lipinski definition) is 4. The molecule has 1 saturated heterocycles. The molecule has 1 saturated carbocycles.